The third-order valence-corrected chi connectivity index (χ3v) is 13.1. The molecule has 1 spiro atoms. The van der Waals surface area contributed by atoms with Gasteiger partial charge in [-0.2, -0.15) is 17.0 Å². The predicted molar refractivity (Wildman–Crippen MR) is 188 cm³/mol. The molecule has 1 aromatic heterocycles. The van der Waals surface area contributed by atoms with Crippen LogP contribution in [0.5, 0.6) is 11.5 Å². The Labute approximate surface area is 295 Å². The van der Waals surface area contributed by atoms with Crippen LogP contribution in [0.2, 0.25) is 0 Å². The molecule has 7 rings (SSSR count). The van der Waals surface area contributed by atoms with Gasteiger partial charge >= 0.3 is 0 Å². The number of aromatic nitrogens is 2. The van der Waals surface area contributed by atoms with E-state index in [0.717, 1.165) is 65.0 Å². The lowest BCUT2D eigenvalue weighted by molar-refractivity contribution is 0.0640. The molecular formula is C34H50ClFN8O4S. The SMILES string of the molecule is CC(C)N(C(=O)c1cc(F)ccc1Oc1cncnc1N1CC2(CCN(C[C@H]3CCN(S(=O)(=O)N4C[C@@H]5C[C@H]4CN5)C3)CC2)C1)C(C)C.Cl. The number of amides is 1. The standard InChI is InChI=1S/C34H49FN8O4S.ClH/c1-23(2)43(24(3)4)33(44)29-13-26(35)5-6-30(29)47-31-16-36-22-38-32(31)40-20-34(21-40)8-11-39(12-9-34)17-25-7-10-41(18-25)48(45,46)42-19-27-14-28(42)15-37-27;/h5-6,13,16,22-25,27-28,37H,7-12,14-15,17-21H2,1-4H3;1H/t25-,27+,28+;/m1./s1. The summed E-state index contributed by atoms with van der Waals surface area (Å²) in [4.78, 5) is 28.7. The molecule has 2 bridgehead atoms. The number of hydrogen-bond acceptors (Lipinski definition) is 9. The number of rotatable bonds is 10. The van der Waals surface area contributed by atoms with E-state index in [1.807, 2.05) is 27.7 Å². The summed E-state index contributed by atoms with van der Waals surface area (Å²) in [6, 6.07) is 4.32. The van der Waals surface area contributed by atoms with Gasteiger partial charge in [0.05, 0.1) is 11.8 Å². The zero-order valence-electron chi connectivity index (χ0n) is 28.9. The van der Waals surface area contributed by atoms with Crippen molar-refractivity contribution in [3.63, 3.8) is 0 Å². The number of nitrogens with one attached hydrogen (secondary N) is 1. The molecule has 1 amide bonds. The smallest absolute Gasteiger partial charge is 0.282 e. The fourth-order valence-corrected chi connectivity index (χ4v) is 10.6. The molecule has 15 heteroatoms. The van der Waals surface area contributed by atoms with Gasteiger partial charge in [-0.15, -0.1) is 12.4 Å². The Balaban J connectivity index is 0.00000417. The van der Waals surface area contributed by atoms with Crippen LogP contribution in [-0.4, -0.2) is 126 Å². The minimum absolute atomic E-state index is 0. The van der Waals surface area contributed by atoms with E-state index in [1.165, 1.54) is 24.5 Å². The number of nitrogens with zero attached hydrogens (tertiary/aromatic N) is 7. The number of carbonyl (C=O) groups is 1. The van der Waals surface area contributed by atoms with Crippen molar-refractivity contribution in [2.75, 3.05) is 63.8 Å². The molecule has 270 valence electrons. The number of halogens is 2. The molecule has 0 unspecified atom stereocenters. The number of carbonyl (C=O) groups excluding carboxylic acids is 1. The first-order chi connectivity index (χ1) is 22.9. The van der Waals surface area contributed by atoms with Crippen molar-refractivity contribution in [3.8, 4) is 11.5 Å². The summed E-state index contributed by atoms with van der Waals surface area (Å²) in [5, 5.41) is 3.40. The van der Waals surface area contributed by atoms with Crippen molar-refractivity contribution >= 4 is 34.3 Å². The molecule has 3 atom stereocenters. The van der Waals surface area contributed by atoms with Crippen molar-refractivity contribution in [1.82, 2.24) is 33.7 Å². The van der Waals surface area contributed by atoms with Gasteiger partial charge in [0.1, 0.15) is 17.9 Å². The Morgan fingerprint density at radius 3 is 2.49 bits per heavy atom. The van der Waals surface area contributed by atoms with Gasteiger partial charge < -0.3 is 24.8 Å². The van der Waals surface area contributed by atoms with Gasteiger partial charge in [-0.1, -0.05) is 0 Å². The number of hydrogen-bond donors (Lipinski definition) is 1. The van der Waals surface area contributed by atoms with Gasteiger partial charge in [0.15, 0.2) is 11.6 Å². The zero-order chi connectivity index (χ0) is 33.8. The third kappa shape index (κ3) is 7.14. The van der Waals surface area contributed by atoms with Crippen LogP contribution in [0.25, 0.3) is 0 Å². The van der Waals surface area contributed by atoms with E-state index < -0.39 is 16.0 Å². The molecule has 5 fully saturated rings. The summed E-state index contributed by atoms with van der Waals surface area (Å²) in [6.45, 7) is 15.0. The molecule has 6 heterocycles. The van der Waals surface area contributed by atoms with E-state index in [1.54, 1.807) is 19.7 Å². The second-order valence-electron chi connectivity index (χ2n) is 15.1. The van der Waals surface area contributed by atoms with Crippen LogP contribution in [0.1, 0.15) is 63.7 Å². The van der Waals surface area contributed by atoms with E-state index in [-0.39, 0.29) is 53.2 Å². The van der Waals surface area contributed by atoms with Gasteiger partial charge in [-0.3, -0.25) is 4.79 Å². The largest absolute Gasteiger partial charge is 0.451 e. The summed E-state index contributed by atoms with van der Waals surface area (Å²) in [6.07, 6.45) is 7.09. The highest BCUT2D eigenvalue weighted by Crippen LogP contribution is 2.45. The highest BCUT2D eigenvalue weighted by molar-refractivity contribution is 7.86. The van der Waals surface area contributed by atoms with E-state index >= 15 is 0 Å². The Kier molecular flexibility index (Phi) is 10.5. The van der Waals surface area contributed by atoms with Gasteiger partial charge in [0.25, 0.3) is 16.1 Å². The third-order valence-electron chi connectivity index (χ3n) is 11.1. The maximum Gasteiger partial charge on any atom is 0.282 e. The Morgan fingerprint density at radius 2 is 1.84 bits per heavy atom. The number of fused-ring (bicyclic) bond motifs is 2. The zero-order valence-corrected chi connectivity index (χ0v) is 30.6. The predicted octanol–water partition coefficient (Wildman–Crippen LogP) is 3.60. The van der Waals surface area contributed by atoms with Gasteiger partial charge in [-0.25, -0.2) is 14.4 Å². The fourth-order valence-electron chi connectivity index (χ4n) is 8.61. The minimum atomic E-state index is -3.39. The first kappa shape index (κ1) is 36.2. The molecule has 12 nitrogen and oxygen atoms in total. The Hall–Kier alpha value is -2.62. The number of piperazine rings is 1. The lowest BCUT2D eigenvalue weighted by atomic mass is 9.72. The molecule has 1 N–H and O–H groups in total. The highest BCUT2D eigenvalue weighted by Gasteiger charge is 2.49. The minimum Gasteiger partial charge on any atom is -0.451 e. The highest BCUT2D eigenvalue weighted by atomic mass is 35.5. The van der Waals surface area contributed by atoms with Crippen LogP contribution < -0.4 is 15.0 Å². The van der Waals surface area contributed by atoms with Crippen LogP contribution >= 0.6 is 12.4 Å². The normalized spacial score (nSPS) is 25.6. The number of ether oxygens (including phenoxy) is 1. The lowest BCUT2D eigenvalue weighted by Crippen LogP contribution is -2.61. The summed E-state index contributed by atoms with van der Waals surface area (Å²) in [5.41, 5.74) is 0.363. The van der Waals surface area contributed by atoms with Crippen molar-refractivity contribution < 1.29 is 22.3 Å². The maximum atomic E-state index is 14.4. The molecule has 0 aliphatic carbocycles. The monoisotopic (exact) mass is 720 g/mol. The molecule has 0 saturated carbocycles. The lowest BCUT2D eigenvalue weighted by Gasteiger charge is -2.54. The van der Waals surface area contributed by atoms with E-state index in [4.69, 9.17) is 4.74 Å². The average molecular weight is 721 g/mol. The first-order valence-corrected chi connectivity index (χ1v) is 18.9. The van der Waals surface area contributed by atoms with Crippen molar-refractivity contribution in [2.45, 2.75) is 77.5 Å². The maximum absolute atomic E-state index is 14.4. The first-order valence-electron chi connectivity index (χ1n) is 17.5. The van der Waals surface area contributed by atoms with Gasteiger partial charge in [0.2, 0.25) is 0 Å². The Morgan fingerprint density at radius 1 is 1.10 bits per heavy atom. The fraction of sp³-hybridized carbons (Fsp3) is 0.676. The summed E-state index contributed by atoms with van der Waals surface area (Å²) < 4.78 is 50.9. The molecular weight excluding hydrogens is 671 g/mol. The molecule has 1 aromatic carbocycles. The molecule has 5 saturated heterocycles. The Bertz CT molecular complexity index is 1610. The molecule has 5 aliphatic rings. The second kappa shape index (κ2) is 14.2. The molecule has 0 radical (unpaired) electrons. The van der Waals surface area contributed by atoms with Gasteiger partial charge in [0, 0.05) is 75.4 Å². The molecule has 49 heavy (non-hydrogen) atoms. The summed E-state index contributed by atoms with van der Waals surface area (Å²) in [5.74, 6) is 0.951. The summed E-state index contributed by atoms with van der Waals surface area (Å²) in [7, 11) is -3.39. The van der Waals surface area contributed by atoms with Gasteiger partial charge in [-0.05, 0) is 90.6 Å². The number of piperidine rings is 1. The van der Waals surface area contributed by atoms with Crippen LogP contribution in [-0.2, 0) is 10.2 Å². The quantitative estimate of drug-likeness (QED) is 0.394. The van der Waals surface area contributed by atoms with Crippen molar-refractivity contribution in [3.05, 3.63) is 42.1 Å². The number of likely N-dealkylation sites (tertiary alicyclic amines) is 1. The topological polar surface area (TPSA) is 114 Å². The van der Waals surface area contributed by atoms with Crippen LogP contribution in [0.3, 0.4) is 0 Å². The number of benzene rings is 1. The van der Waals surface area contributed by atoms with Crippen LogP contribution in [0.15, 0.2) is 30.7 Å². The summed E-state index contributed by atoms with van der Waals surface area (Å²) >= 11 is 0. The van der Waals surface area contributed by atoms with Crippen molar-refractivity contribution in [1.29, 1.82) is 0 Å². The molecule has 2 aromatic rings. The second-order valence-corrected chi connectivity index (χ2v) is 17.0. The van der Waals surface area contributed by atoms with E-state index in [0.29, 0.717) is 43.2 Å². The van der Waals surface area contributed by atoms with Crippen LogP contribution in [0.4, 0.5) is 10.2 Å². The number of anilines is 1. The average Bonchev–Trinajstić information content (AvgIpc) is 3.80. The van der Waals surface area contributed by atoms with E-state index in [2.05, 4.69) is 25.1 Å². The van der Waals surface area contributed by atoms with Crippen LogP contribution in [0, 0.1) is 17.2 Å². The van der Waals surface area contributed by atoms with Crippen molar-refractivity contribution in [2.24, 2.45) is 11.3 Å². The molecule has 5 aliphatic heterocycles. The van der Waals surface area contributed by atoms with E-state index in [9.17, 15) is 17.6 Å².